The normalized spacial score (nSPS) is 17.1. The van der Waals surface area contributed by atoms with E-state index in [1.165, 1.54) is 12.3 Å². The molecule has 0 bridgehead atoms. The molecule has 1 fully saturated rings. The quantitative estimate of drug-likeness (QED) is 0.458. The van der Waals surface area contributed by atoms with Crippen LogP contribution in [0.5, 0.6) is 0 Å². The Hall–Kier alpha value is -2.97. The lowest BCUT2D eigenvalue weighted by atomic mass is 9.97. The number of nitrogens with zero attached hydrogens (tertiary/aromatic N) is 5. The van der Waals surface area contributed by atoms with Crippen molar-refractivity contribution in [2.75, 3.05) is 24.5 Å². The van der Waals surface area contributed by atoms with Crippen molar-refractivity contribution >= 4 is 17.4 Å². The van der Waals surface area contributed by atoms with Crippen molar-refractivity contribution in [1.82, 2.24) is 19.9 Å². The summed E-state index contributed by atoms with van der Waals surface area (Å²) in [4.78, 5) is 32.8. The Morgan fingerprint density at radius 2 is 2.31 bits per heavy atom. The maximum absolute atomic E-state index is 12.4. The molecule has 1 aliphatic heterocycles. The molecule has 0 radical (unpaired) electrons. The fraction of sp³-hybridized carbons (Fsp3) is 0.471. The highest BCUT2D eigenvalue weighted by molar-refractivity contribution is 5.79. The van der Waals surface area contributed by atoms with Crippen molar-refractivity contribution in [1.29, 1.82) is 0 Å². The SMILES string of the molecule is O=C(NCCCn1ccnc1)[C@H]1CCCN(c2ccc([N+](=O)[O-])cn2)C1. The molecule has 0 saturated carbocycles. The third kappa shape index (κ3) is 4.56. The van der Waals surface area contributed by atoms with Gasteiger partial charge in [-0.1, -0.05) is 0 Å². The summed E-state index contributed by atoms with van der Waals surface area (Å²) in [6, 6.07) is 3.09. The molecule has 1 aliphatic rings. The number of piperidine rings is 1. The topological polar surface area (TPSA) is 106 Å². The molecule has 2 aromatic heterocycles. The van der Waals surface area contributed by atoms with Crippen molar-refractivity contribution in [3.8, 4) is 0 Å². The van der Waals surface area contributed by atoms with Gasteiger partial charge in [-0.3, -0.25) is 14.9 Å². The van der Waals surface area contributed by atoms with E-state index in [0.29, 0.717) is 18.9 Å². The van der Waals surface area contributed by atoms with E-state index in [2.05, 4.69) is 15.3 Å². The lowest BCUT2D eigenvalue weighted by molar-refractivity contribution is -0.385. The standard InChI is InChI=1S/C17H22N6O3/c24-17(19-6-2-8-21-10-7-18-13-21)14-3-1-9-22(12-14)16-5-4-15(11-20-16)23(25)26/h4-5,7,10-11,13-14H,1-3,6,8-9,12H2,(H,19,24)/t14-/m0/s1. The number of amides is 1. The van der Waals surface area contributed by atoms with Crippen LogP contribution >= 0.6 is 0 Å². The summed E-state index contributed by atoms with van der Waals surface area (Å²) >= 11 is 0. The van der Waals surface area contributed by atoms with Crippen LogP contribution in [-0.2, 0) is 11.3 Å². The van der Waals surface area contributed by atoms with Gasteiger partial charge in [-0.05, 0) is 25.3 Å². The van der Waals surface area contributed by atoms with Gasteiger partial charge in [0.15, 0.2) is 0 Å². The highest BCUT2D eigenvalue weighted by Crippen LogP contribution is 2.23. The number of hydrogen-bond acceptors (Lipinski definition) is 6. The smallest absolute Gasteiger partial charge is 0.287 e. The molecule has 2 aromatic rings. The van der Waals surface area contributed by atoms with E-state index in [1.807, 2.05) is 15.7 Å². The van der Waals surface area contributed by atoms with Gasteiger partial charge in [0.2, 0.25) is 5.91 Å². The number of anilines is 1. The number of pyridine rings is 1. The van der Waals surface area contributed by atoms with E-state index in [1.54, 1.807) is 18.6 Å². The van der Waals surface area contributed by atoms with E-state index in [-0.39, 0.29) is 17.5 Å². The number of nitrogens with one attached hydrogen (secondary N) is 1. The minimum atomic E-state index is -0.465. The van der Waals surface area contributed by atoms with Crippen LogP contribution in [-0.4, -0.2) is 45.0 Å². The molecular weight excluding hydrogens is 336 g/mol. The van der Waals surface area contributed by atoms with E-state index < -0.39 is 4.92 Å². The van der Waals surface area contributed by atoms with Crippen molar-refractivity contribution in [3.05, 3.63) is 47.2 Å². The van der Waals surface area contributed by atoms with Gasteiger partial charge in [-0.25, -0.2) is 9.97 Å². The number of aromatic nitrogens is 3. The lowest BCUT2D eigenvalue weighted by Crippen LogP contribution is -2.43. The Labute approximate surface area is 151 Å². The first-order chi connectivity index (χ1) is 12.6. The Balaban J connectivity index is 1.47. The maximum Gasteiger partial charge on any atom is 0.287 e. The molecule has 0 unspecified atom stereocenters. The van der Waals surface area contributed by atoms with Crippen molar-refractivity contribution < 1.29 is 9.72 Å². The number of imidazole rings is 1. The predicted octanol–water partition coefficient (Wildman–Crippen LogP) is 1.61. The Morgan fingerprint density at radius 3 is 3.00 bits per heavy atom. The first kappa shape index (κ1) is 17.8. The van der Waals surface area contributed by atoms with Crippen molar-refractivity contribution in [2.24, 2.45) is 5.92 Å². The Morgan fingerprint density at radius 1 is 1.42 bits per heavy atom. The van der Waals surface area contributed by atoms with E-state index in [4.69, 9.17) is 0 Å². The fourth-order valence-electron chi connectivity index (χ4n) is 3.11. The van der Waals surface area contributed by atoms with Gasteiger partial charge < -0.3 is 14.8 Å². The summed E-state index contributed by atoms with van der Waals surface area (Å²) in [5.74, 6) is 0.643. The molecule has 1 amide bonds. The van der Waals surface area contributed by atoms with E-state index in [9.17, 15) is 14.9 Å². The third-order valence-electron chi connectivity index (χ3n) is 4.51. The summed E-state index contributed by atoms with van der Waals surface area (Å²) in [6.07, 6.45) is 9.25. The second-order valence-corrected chi connectivity index (χ2v) is 6.36. The monoisotopic (exact) mass is 358 g/mol. The van der Waals surface area contributed by atoms with Gasteiger partial charge in [-0.15, -0.1) is 0 Å². The van der Waals surface area contributed by atoms with Gasteiger partial charge in [0.25, 0.3) is 5.69 Å². The Kier molecular flexibility index (Phi) is 5.77. The average molecular weight is 358 g/mol. The second kappa shape index (κ2) is 8.41. The molecule has 1 saturated heterocycles. The van der Waals surface area contributed by atoms with Crippen molar-refractivity contribution in [3.63, 3.8) is 0 Å². The summed E-state index contributed by atoms with van der Waals surface area (Å²) in [5.41, 5.74) is -0.0297. The number of carbonyl (C=O) groups excluding carboxylic acids is 1. The summed E-state index contributed by atoms with van der Waals surface area (Å²) in [6.45, 7) is 2.83. The van der Waals surface area contributed by atoms with Gasteiger partial charge in [0.1, 0.15) is 12.0 Å². The number of rotatable bonds is 7. The molecular formula is C17H22N6O3. The van der Waals surface area contributed by atoms with Gasteiger partial charge in [0, 0.05) is 44.6 Å². The minimum Gasteiger partial charge on any atom is -0.356 e. The largest absolute Gasteiger partial charge is 0.356 e. The van der Waals surface area contributed by atoms with Crippen molar-refractivity contribution in [2.45, 2.75) is 25.8 Å². The fourth-order valence-corrected chi connectivity index (χ4v) is 3.11. The Bertz CT molecular complexity index is 731. The van der Waals surface area contributed by atoms with Gasteiger partial charge in [-0.2, -0.15) is 0 Å². The van der Waals surface area contributed by atoms with Crippen LogP contribution in [0, 0.1) is 16.0 Å². The second-order valence-electron chi connectivity index (χ2n) is 6.36. The maximum atomic E-state index is 12.4. The third-order valence-corrected chi connectivity index (χ3v) is 4.51. The molecule has 9 heteroatoms. The predicted molar refractivity (Wildman–Crippen MR) is 95.7 cm³/mol. The zero-order valence-electron chi connectivity index (χ0n) is 14.5. The molecule has 138 valence electrons. The first-order valence-corrected chi connectivity index (χ1v) is 8.72. The number of carbonyl (C=O) groups is 1. The molecule has 0 aromatic carbocycles. The summed E-state index contributed by atoms with van der Waals surface area (Å²) < 4.78 is 1.98. The van der Waals surface area contributed by atoms with E-state index in [0.717, 1.165) is 32.4 Å². The molecule has 0 aliphatic carbocycles. The molecule has 0 spiro atoms. The van der Waals surface area contributed by atoms with Gasteiger partial charge in [0.05, 0.1) is 17.2 Å². The molecule has 26 heavy (non-hydrogen) atoms. The number of nitro groups is 1. The van der Waals surface area contributed by atoms with Crippen LogP contribution in [0.25, 0.3) is 0 Å². The molecule has 3 heterocycles. The molecule has 3 rings (SSSR count). The van der Waals surface area contributed by atoms with Crippen LogP contribution in [0.4, 0.5) is 11.5 Å². The van der Waals surface area contributed by atoms with Gasteiger partial charge >= 0.3 is 0 Å². The van der Waals surface area contributed by atoms with Crippen LogP contribution in [0.2, 0.25) is 0 Å². The number of aryl methyl sites for hydroxylation is 1. The van der Waals surface area contributed by atoms with Crippen LogP contribution in [0.1, 0.15) is 19.3 Å². The number of hydrogen-bond donors (Lipinski definition) is 1. The zero-order valence-corrected chi connectivity index (χ0v) is 14.5. The first-order valence-electron chi connectivity index (χ1n) is 8.72. The lowest BCUT2D eigenvalue weighted by Gasteiger charge is -2.32. The summed E-state index contributed by atoms with van der Waals surface area (Å²) in [7, 11) is 0. The zero-order chi connectivity index (χ0) is 18.4. The van der Waals surface area contributed by atoms with Crippen LogP contribution in [0.3, 0.4) is 0 Å². The average Bonchev–Trinajstić information content (AvgIpc) is 3.19. The minimum absolute atomic E-state index is 0.0297. The van der Waals surface area contributed by atoms with E-state index >= 15 is 0 Å². The van der Waals surface area contributed by atoms with Crippen LogP contribution < -0.4 is 10.2 Å². The molecule has 1 atom stereocenters. The molecule has 1 N–H and O–H groups in total. The van der Waals surface area contributed by atoms with Crippen LogP contribution in [0.15, 0.2) is 37.1 Å². The highest BCUT2D eigenvalue weighted by Gasteiger charge is 2.26. The summed E-state index contributed by atoms with van der Waals surface area (Å²) in [5, 5.41) is 13.7. The highest BCUT2D eigenvalue weighted by atomic mass is 16.6. The molecule has 9 nitrogen and oxygen atoms in total.